The first kappa shape index (κ1) is 14.2. The second-order valence-corrected chi connectivity index (χ2v) is 5.57. The van der Waals surface area contributed by atoms with Gasteiger partial charge in [-0.1, -0.05) is 6.07 Å². The van der Waals surface area contributed by atoms with Crippen LogP contribution in [0.25, 0.3) is 0 Å². The van der Waals surface area contributed by atoms with Gasteiger partial charge in [0.25, 0.3) is 0 Å². The highest BCUT2D eigenvalue weighted by molar-refractivity contribution is 5.54. The van der Waals surface area contributed by atoms with Gasteiger partial charge >= 0.3 is 0 Å². The number of nitrogen functional groups attached to an aromatic ring is 1. The number of anilines is 1. The second kappa shape index (κ2) is 6.26. The molecule has 4 heteroatoms. The van der Waals surface area contributed by atoms with E-state index in [1.54, 1.807) is 7.11 Å². The van der Waals surface area contributed by atoms with Crippen LogP contribution in [0.15, 0.2) is 18.2 Å². The van der Waals surface area contributed by atoms with E-state index in [9.17, 15) is 0 Å². The number of benzene rings is 1. The van der Waals surface area contributed by atoms with Crippen LogP contribution >= 0.6 is 0 Å². The fourth-order valence-corrected chi connectivity index (χ4v) is 2.74. The molecule has 0 saturated carbocycles. The second-order valence-electron chi connectivity index (χ2n) is 5.57. The maximum Gasteiger partial charge on any atom is 0.141 e. The first-order chi connectivity index (χ1) is 9.10. The lowest BCUT2D eigenvalue weighted by Crippen LogP contribution is -2.44. The molecule has 1 unspecified atom stereocenters. The third kappa shape index (κ3) is 3.61. The predicted octanol–water partition coefficient (Wildman–Crippen LogP) is 1.80. The van der Waals surface area contributed by atoms with Crippen molar-refractivity contribution >= 4 is 5.69 Å². The van der Waals surface area contributed by atoms with Crippen molar-refractivity contribution in [1.29, 1.82) is 0 Å². The molecule has 0 spiro atoms. The Kier molecular flexibility index (Phi) is 4.66. The van der Waals surface area contributed by atoms with Crippen LogP contribution in [0.1, 0.15) is 18.4 Å². The lowest BCUT2D eigenvalue weighted by molar-refractivity contribution is 0.128. The van der Waals surface area contributed by atoms with Crippen LogP contribution in [0.2, 0.25) is 0 Å². The SMILES string of the molecule is COc1ccc(CN2CCCC(N(C)C)C2)cc1N. The summed E-state index contributed by atoms with van der Waals surface area (Å²) < 4.78 is 5.19. The number of piperidine rings is 1. The van der Waals surface area contributed by atoms with Gasteiger partial charge < -0.3 is 15.4 Å². The number of likely N-dealkylation sites (N-methyl/N-ethyl adjacent to an activating group) is 1. The molecule has 2 N–H and O–H groups in total. The zero-order valence-electron chi connectivity index (χ0n) is 12.2. The summed E-state index contributed by atoms with van der Waals surface area (Å²) in [7, 11) is 5.98. The van der Waals surface area contributed by atoms with Crippen molar-refractivity contribution in [3.63, 3.8) is 0 Å². The van der Waals surface area contributed by atoms with Crippen LogP contribution in [0, 0.1) is 0 Å². The summed E-state index contributed by atoms with van der Waals surface area (Å²) in [6, 6.07) is 6.76. The molecule has 1 saturated heterocycles. The van der Waals surface area contributed by atoms with Gasteiger partial charge in [-0.15, -0.1) is 0 Å². The molecule has 0 radical (unpaired) electrons. The standard InChI is InChI=1S/C15H25N3O/c1-17(2)13-5-4-8-18(11-13)10-12-6-7-15(19-3)14(16)9-12/h6-7,9,13H,4-5,8,10-11,16H2,1-3H3. The summed E-state index contributed by atoms with van der Waals surface area (Å²) in [6.07, 6.45) is 2.57. The largest absolute Gasteiger partial charge is 0.495 e. The van der Waals surface area contributed by atoms with Crippen molar-refractivity contribution in [3.8, 4) is 5.75 Å². The Morgan fingerprint density at radius 1 is 1.42 bits per heavy atom. The molecule has 1 aromatic rings. The number of nitrogens with zero attached hydrogens (tertiary/aromatic N) is 2. The molecule has 0 bridgehead atoms. The normalized spacial score (nSPS) is 20.7. The molecule has 1 heterocycles. The van der Waals surface area contributed by atoms with Crippen molar-refractivity contribution in [2.24, 2.45) is 0 Å². The van der Waals surface area contributed by atoms with Crippen LogP contribution < -0.4 is 10.5 Å². The van der Waals surface area contributed by atoms with Crippen molar-refractivity contribution in [3.05, 3.63) is 23.8 Å². The maximum absolute atomic E-state index is 5.96. The van der Waals surface area contributed by atoms with Crippen LogP contribution in [0.3, 0.4) is 0 Å². The summed E-state index contributed by atoms with van der Waals surface area (Å²) in [5, 5.41) is 0. The van der Waals surface area contributed by atoms with E-state index in [1.165, 1.54) is 24.9 Å². The molecule has 2 rings (SSSR count). The van der Waals surface area contributed by atoms with Crippen molar-refractivity contribution in [2.75, 3.05) is 40.0 Å². The molecule has 106 valence electrons. The van der Waals surface area contributed by atoms with Crippen LogP contribution in [0.5, 0.6) is 5.75 Å². The highest BCUT2D eigenvalue weighted by Gasteiger charge is 2.21. The topological polar surface area (TPSA) is 41.7 Å². The minimum atomic E-state index is 0.671. The van der Waals surface area contributed by atoms with Gasteiger partial charge in [0, 0.05) is 19.1 Å². The average Bonchev–Trinajstić information content (AvgIpc) is 2.39. The van der Waals surface area contributed by atoms with Crippen LogP contribution in [0.4, 0.5) is 5.69 Å². The molecule has 0 aliphatic carbocycles. The molecule has 4 nitrogen and oxygen atoms in total. The highest BCUT2D eigenvalue weighted by Crippen LogP contribution is 2.23. The van der Waals surface area contributed by atoms with E-state index in [2.05, 4.69) is 30.0 Å². The van der Waals surface area contributed by atoms with Crippen molar-refractivity contribution in [2.45, 2.75) is 25.4 Å². The molecule has 1 aromatic carbocycles. The Balaban J connectivity index is 1.98. The third-order valence-electron chi connectivity index (χ3n) is 3.91. The number of methoxy groups -OCH3 is 1. The van der Waals surface area contributed by atoms with Gasteiger partial charge in [-0.05, 0) is 51.2 Å². The summed E-state index contributed by atoms with van der Waals surface area (Å²) >= 11 is 0. The molecule has 1 atom stereocenters. The molecule has 1 fully saturated rings. The van der Waals surface area contributed by atoms with Gasteiger partial charge in [-0.3, -0.25) is 4.90 Å². The zero-order valence-corrected chi connectivity index (χ0v) is 12.2. The number of hydrogen-bond donors (Lipinski definition) is 1. The number of ether oxygens (including phenoxy) is 1. The van der Waals surface area contributed by atoms with E-state index < -0.39 is 0 Å². The minimum absolute atomic E-state index is 0.671. The number of likely N-dealkylation sites (tertiary alicyclic amines) is 1. The molecule has 0 amide bonds. The van der Waals surface area contributed by atoms with E-state index in [0.717, 1.165) is 24.5 Å². The summed E-state index contributed by atoms with van der Waals surface area (Å²) in [4.78, 5) is 4.84. The Labute approximate surface area is 116 Å². The van der Waals surface area contributed by atoms with Crippen molar-refractivity contribution < 1.29 is 4.74 Å². The molecule has 0 aromatic heterocycles. The summed E-state index contributed by atoms with van der Waals surface area (Å²) in [6.45, 7) is 3.29. The van der Waals surface area contributed by atoms with Gasteiger partial charge in [0.05, 0.1) is 12.8 Å². The average molecular weight is 263 g/mol. The highest BCUT2D eigenvalue weighted by atomic mass is 16.5. The lowest BCUT2D eigenvalue weighted by atomic mass is 10.0. The van der Waals surface area contributed by atoms with Gasteiger partial charge in [-0.25, -0.2) is 0 Å². The van der Waals surface area contributed by atoms with Gasteiger partial charge in [0.2, 0.25) is 0 Å². The van der Waals surface area contributed by atoms with E-state index in [0.29, 0.717) is 6.04 Å². The summed E-state index contributed by atoms with van der Waals surface area (Å²) in [5.74, 6) is 0.758. The monoisotopic (exact) mass is 263 g/mol. The number of rotatable bonds is 4. The lowest BCUT2D eigenvalue weighted by Gasteiger charge is -2.36. The Hall–Kier alpha value is -1.26. The van der Waals surface area contributed by atoms with E-state index >= 15 is 0 Å². The first-order valence-electron chi connectivity index (χ1n) is 6.91. The quantitative estimate of drug-likeness (QED) is 0.841. The Morgan fingerprint density at radius 3 is 2.84 bits per heavy atom. The first-order valence-corrected chi connectivity index (χ1v) is 6.91. The fourth-order valence-electron chi connectivity index (χ4n) is 2.74. The number of nitrogens with two attached hydrogens (primary N) is 1. The minimum Gasteiger partial charge on any atom is -0.495 e. The van der Waals surface area contributed by atoms with Crippen LogP contribution in [-0.2, 0) is 6.54 Å². The Bertz CT molecular complexity index is 420. The van der Waals surface area contributed by atoms with Gasteiger partial charge in [-0.2, -0.15) is 0 Å². The predicted molar refractivity (Wildman–Crippen MR) is 79.4 cm³/mol. The van der Waals surface area contributed by atoms with Gasteiger partial charge in [0.1, 0.15) is 5.75 Å². The molecular formula is C15H25N3O. The van der Waals surface area contributed by atoms with Crippen LogP contribution in [-0.4, -0.2) is 50.1 Å². The molecular weight excluding hydrogens is 238 g/mol. The number of hydrogen-bond acceptors (Lipinski definition) is 4. The molecule has 19 heavy (non-hydrogen) atoms. The van der Waals surface area contributed by atoms with Crippen molar-refractivity contribution in [1.82, 2.24) is 9.80 Å². The van der Waals surface area contributed by atoms with E-state index in [-0.39, 0.29) is 0 Å². The molecule has 1 aliphatic rings. The van der Waals surface area contributed by atoms with E-state index in [1.807, 2.05) is 12.1 Å². The smallest absolute Gasteiger partial charge is 0.141 e. The zero-order chi connectivity index (χ0) is 13.8. The van der Waals surface area contributed by atoms with E-state index in [4.69, 9.17) is 10.5 Å². The summed E-state index contributed by atoms with van der Waals surface area (Å²) in [5.41, 5.74) is 7.95. The fraction of sp³-hybridized carbons (Fsp3) is 0.600. The van der Waals surface area contributed by atoms with Gasteiger partial charge in [0.15, 0.2) is 0 Å². The molecule has 1 aliphatic heterocycles. The third-order valence-corrected chi connectivity index (χ3v) is 3.91. The Morgan fingerprint density at radius 2 is 2.21 bits per heavy atom. The maximum atomic E-state index is 5.96.